The monoisotopic (exact) mass is 434 g/mol. The lowest BCUT2D eigenvalue weighted by Gasteiger charge is -2.26. The number of fused-ring (bicyclic) bond motifs is 1. The normalized spacial score (nSPS) is 17.6. The van der Waals surface area contributed by atoms with Crippen LogP contribution in [0, 0.1) is 13.8 Å². The number of benzene rings is 3. The van der Waals surface area contributed by atoms with Gasteiger partial charge in [0.05, 0.1) is 11.6 Å². The third-order valence-electron chi connectivity index (χ3n) is 5.97. The molecule has 1 saturated heterocycles. The van der Waals surface area contributed by atoms with Crippen LogP contribution in [-0.4, -0.2) is 21.8 Å². The Morgan fingerprint density at radius 3 is 2.21 bits per heavy atom. The molecule has 5 rings (SSSR count). The maximum absolute atomic E-state index is 13.3. The summed E-state index contributed by atoms with van der Waals surface area (Å²) < 4.78 is 0. The van der Waals surface area contributed by atoms with Gasteiger partial charge in [-0.2, -0.15) is 0 Å². The van der Waals surface area contributed by atoms with Crippen LogP contribution >= 0.6 is 0 Å². The molecule has 1 atom stereocenters. The van der Waals surface area contributed by atoms with Gasteiger partial charge in [-0.1, -0.05) is 42.5 Å². The Bertz CT molecular complexity index is 1420. The molecule has 1 aromatic heterocycles. The van der Waals surface area contributed by atoms with E-state index in [9.17, 15) is 14.7 Å². The van der Waals surface area contributed by atoms with Gasteiger partial charge in [0.25, 0.3) is 11.7 Å². The number of ketones is 1. The minimum atomic E-state index is -0.763. The summed E-state index contributed by atoms with van der Waals surface area (Å²) >= 11 is 0. The van der Waals surface area contributed by atoms with E-state index in [0.29, 0.717) is 16.8 Å². The molecule has 162 valence electrons. The lowest BCUT2D eigenvalue weighted by atomic mass is 9.95. The molecule has 1 amide bonds. The highest BCUT2D eigenvalue weighted by Gasteiger charge is 2.47. The second kappa shape index (κ2) is 8.02. The van der Waals surface area contributed by atoms with Gasteiger partial charge in [0, 0.05) is 23.6 Å². The molecule has 4 aromatic rings. The van der Waals surface area contributed by atoms with Crippen molar-refractivity contribution in [2.45, 2.75) is 19.9 Å². The van der Waals surface area contributed by atoms with Crippen molar-refractivity contribution in [1.29, 1.82) is 0 Å². The molecule has 5 heteroatoms. The quantitative estimate of drug-likeness (QED) is 0.263. The SMILES string of the molecule is Cc1cc(C)cc(N2C(=O)C(=O)/C(=C(\O)c3ccc4ccccc4c3)C2c2ccncc2)c1. The molecule has 0 spiro atoms. The first-order valence-electron chi connectivity index (χ1n) is 10.7. The molecule has 1 aliphatic rings. The van der Waals surface area contributed by atoms with Gasteiger partial charge in [0.1, 0.15) is 5.76 Å². The van der Waals surface area contributed by atoms with Gasteiger partial charge in [-0.25, -0.2) is 0 Å². The van der Waals surface area contributed by atoms with E-state index in [0.717, 1.165) is 21.9 Å². The summed E-state index contributed by atoms with van der Waals surface area (Å²) in [4.78, 5) is 32.1. The predicted octanol–water partition coefficient (Wildman–Crippen LogP) is 5.48. The van der Waals surface area contributed by atoms with Gasteiger partial charge in [-0.15, -0.1) is 0 Å². The zero-order chi connectivity index (χ0) is 23.1. The Kier molecular flexibility index (Phi) is 5.02. The lowest BCUT2D eigenvalue weighted by molar-refractivity contribution is -0.132. The molecule has 0 saturated carbocycles. The smallest absolute Gasteiger partial charge is 0.300 e. The van der Waals surface area contributed by atoms with Crippen LogP contribution in [-0.2, 0) is 9.59 Å². The number of aliphatic hydroxyl groups excluding tert-OH is 1. The number of carbonyl (C=O) groups is 2. The number of nitrogens with zero attached hydrogens (tertiary/aromatic N) is 2. The summed E-state index contributed by atoms with van der Waals surface area (Å²) in [6.45, 7) is 3.90. The summed E-state index contributed by atoms with van der Waals surface area (Å²) in [5.74, 6) is -1.56. The van der Waals surface area contributed by atoms with Gasteiger partial charge < -0.3 is 5.11 Å². The summed E-state index contributed by atoms with van der Waals surface area (Å²) in [5, 5.41) is 13.3. The average Bonchev–Trinajstić information content (AvgIpc) is 3.08. The van der Waals surface area contributed by atoms with Crippen LogP contribution < -0.4 is 4.90 Å². The maximum Gasteiger partial charge on any atom is 0.300 e. The molecule has 2 heterocycles. The summed E-state index contributed by atoms with van der Waals surface area (Å²) in [5.41, 5.74) is 3.84. The first-order valence-corrected chi connectivity index (χ1v) is 10.7. The van der Waals surface area contributed by atoms with E-state index in [1.807, 2.05) is 68.4 Å². The van der Waals surface area contributed by atoms with Crippen LogP contribution in [0.25, 0.3) is 16.5 Å². The average molecular weight is 434 g/mol. The predicted molar refractivity (Wildman–Crippen MR) is 129 cm³/mol. The van der Waals surface area contributed by atoms with Crippen LogP contribution in [0.15, 0.2) is 90.8 Å². The third kappa shape index (κ3) is 3.57. The van der Waals surface area contributed by atoms with Crippen LogP contribution in [0.2, 0.25) is 0 Å². The van der Waals surface area contributed by atoms with Crippen molar-refractivity contribution in [3.05, 3.63) is 113 Å². The van der Waals surface area contributed by atoms with Crippen molar-refractivity contribution in [1.82, 2.24) is 4.98 Å². The van der Waals surface area contributed by atoms with Crippen molar-refractivity contribution in [3.8, 4) is 0 Å². The molecule has 1 aliphatic heterocycles. The highest BCUT2D eigenvalue weighted by Crippen LogP contribution is 2.42. The second-order valence-corrected chi connectivity index (χ2v) is 8.36. The molecule has 0 bridgehead atoms. The number of hydrogen-bond donors (Lipinski definition) is 1. The number of pyridine rings is 1. The standard InChI is InChI=1S/C28H22N2O3/c1-17-13-18(2)15-23(14-17)30-25(20-9-11-29-12-10-20)24(27(32)28(30)33)26(31)22-8-7-19-5-3-4-6-21(19)16-22/h3-16,25,31H,1-2H3/b26-24-. The second-order valence-electron chi connectivity index (χ2n) is 8.36. The fourth-order valence-electron chi connectivity index (χ4n) is 4.54. The Hall–Kier alpha value is -4.25. The van der Waals surface area contributed by atoms with Crippen LogP contribution in [0.5, 0.6) is 0 Å². The highest BCUT2D eigenvalue weighted by molar-refractivity contribution is 6.51. The van der Waals surface area contributed by atoms with E-state index in [2.05, 4.69) is 4.98 Å². The number of aliphatic hydroxyl groups is 1. The first-order chi connectivity index (χ1) is 15.9. The number of aryl methyl sites for hydroxylation is 2. The third-order valence-corrected chi connectivity index (χ3v) is 5.97. The summed E-state index contributed by atoms with van der Waals surface area (Å²) in [6.07, 6.45) is 3.24. The van der Waals surface area contributed by atoms with Gasteiger partial charge >= 0.3 is 0 Å². The number of anilines is 1. The van der Waals surface area contributed by atoms with Gasteiger partial charge in [-0.05, 0) is 71.6 Å². The van der Waals surface area contributed by atoms with Crippen LogP contribution in [0.4, 0.5) is 5.69 Å². The van der Waals surface area contributed by atoms with E-state index < -0.39 is 17.7 Å². The Morgan fingerprint density at radius 2 is 1.52 bits per heavy atom. The van der Waals surface area contributed by atoms with E-state index in [1.54, 1.807) is 30.6 Å². The first kappa shape index (κ1) is 20.6. The Labute approximate surface area is 191 Å². The molecule has 3 aromatic carbocycles. The van der Waals surface area contributed by atoms with Crippen LogP contribution in [0.3, 0.4) is 0 Å². The Balaban J connectivity index is 1.74. The molecule has 33 heavy (non-hydrogen) atoms. The van der Waals surface area contributed by atoms with Crippen molar-refractivity contribution in [2.24, 2.45) is 0 Å². The molecule has 1 unspecified atom stereocenters. The van der Waals surface area contributed by atoms with Crippen molar-refractivity contribution >= 4 is 33.9 Å². The number of hydrogen-bond acceptors (Lipinski definition) is 4. The minimum absolute atomic E-state index is 0.0700. The Morgan fingerprint density at radius 1 is 0.848 bits per heavy atom. The molecule has 1 fully saturated rings. The van der Waals surface area contributed by atoms with Crippen molar-refractivity contribution in [3.63, 3.8) is 0 Å². The fourth-order valence-corrected chi connectivity index (χ4v) is 4.54. The van der Waals surface area contributed by atoms with Crippen LogP contribution in [0.1, 0.15) is 28.3 Å². The zero-order valence-corrected chi connectivity index (χ0v) is 18.3. The minimum Gasteiger partial charge on any atom is -0.507 e. The molecular weight excluding hydrogens is 412 g/mol. The molecule has 0 radical (unpaired) electrons. The number of Topliss-reactive ketones (excluding diaryl/α,β-unsaturated/α-hetero) is 1. The van der Waals surface area contributed by atoms with E-state index in [-0.39, 0.29) is 11.3 Å². The molecule has 0 aliphatic carbocycles. The fraction of sp³-hybridized carbons (Fsp3) is 0.107. The number of carbonyl (C=O) groups excluding carboxylic acids is 2. The van der Waals surface area contributed by atoms with Crippen molar-refractivity contribution in [2.75, 3.05) is 4.90 Å². The molecule has 5 nitrogen and oxygen atoms in total. The topological polar surface area (TPSA) is 70.5 Å². The summed E-state index contributed by atoms with van der Waals surface area (Å²) in [6, 6.07) is 21.8. The lowest BCUT2D eigenvalue weighted by Crippen LogP contribution is -2.29. The summed E-state index contributed by atoms with van der Waals surface area (Å²) in [7, 11) is 0. The van der Waals surface area contributed by atoms with Gasteiger partial charge in [-0.3, -0.25) is 19.5 Å². The maximum atomic E-state index is 13.3. The zero-order valence-electron chi connectivity index (χ0n) is 18.3. The van der Waals surface area contributed by atoms with Crippen molar-refractivity contribution < 1.29 is 14.7 Å². The number of aromatic nitrogens is 1. The number of rotatable bonds is 3. The van der Waals surface area contributed by atoms with Gasteiger partial charge in [0.15, 0.2) is 0 Å². The van der Waals surface area contributed by atoms with E-state index in [1.165, 1.54) is 4.90 Å². The number of amides is 1. The van der Waals surface area contributed by atoms with E-state index in [4.69, 9.17) is 0 Å². The molecular formula is C28H22N2O3. The largest absolute Gasteiger partial charge is 0.507 e. The van der Waals surface area contributed by atoms with Gasteiger partial charge in [0.2, 0.25) is 0 Å². The van der Waals surface area contributed by atoms with E-state index >= 15 is 0 Å². The molecule has 1 N–H and O–H groups in total. The highest BCUT2D eigenvalue weighted by atomic mass is 16.3.